The number of ether oxygens (including phenoxy) is 1. The maximum absolute atomic E-state index is 12.4. The molecule has 6 nitrogen and oxygen atoms in total. The molecule has 0 aliphatic heterocycles. The molecule has 6 heteroatoms. The van der Waals surface area contributed by atoms with Gasteiger partial charge in [-0.2, -0.15) is 0 Å². The number of carbonyl (C=O) groups excluding carboxylic acids is 1. The Kier molecular flexibility index (Phi) is 5.12. The summed E-state index contributed by atoms with van der Waals surface area (Å²) in [4.78, 5) is 21.4. The molecule has 2 N–H and O–H groups in total. The van der Waals surface area contributed by atoms with E-state index in [9.17, 15) is 9.90 Å². The third kappa shape index (κ3) is 3.80. The molecule has 0 saturated carbocycles. The Bertz CT molecular complexity index is 910. The number of esters is 1. The molecule has 2 aromatic carbocycles. The SMILES string of the molecule is CCOC(=O)c1c(C)nc(Nc2ccc(O)cc2)nc1-c1ccccc1. The van der Waals surface area contributed by atoms with Gasteiger partial charge in [0.1, 0.15) is 11.3 Å². The van der Waals surface area contributed by atoms with Crippen molar-refractivity contribution in [2.45, 2.75) is 13.8 Å². The van der Waals surface area contributed by atoms with E-state index in [0.717, 1.165) is 11.3 Å². The van der Waals surface area contributed by atoms with Crippen molar-refractivity contribution in [3.8, 4) is 17.0 Å². The number of rotatable bonds is 5. The molecular weight excluding hydrogens is 330 g/mol. The molecule has 0 unspecified atom stereocenters. The first-order valence-corrected chi connectivity index (χ1v) is 8.25. The van der Waals surface area contributed by atoms with Crippen molar-refractivity contribution < 1.29 is 14.6 Å². The van der Waals surface area contributed by atoms with Crippen molar-refractivity contribution in [1.82, 2.24) is 9.97 Å². The number of hydrogen-bond acceptors (Lipinski definition) is 6. The number of aryl methyl sites for hydroxylation is 1. The van der Waals surface area contributed by atoms with E-state index in [-0.39, 0.29) is 12.4 Å². The summed E-state index contributed by atoms with van der Waals surface area (Å²) in [5.41, 5.74) is 2.92. The van der Waals surface area contributed by atoms with Crippen LogP contribution < -0.4 is 5.32 Å². The van der Waals surface area contributed by atoms with E-state index in [0.29, 0.717) is 22.9 Å². The fourth-order valence-corrected chi connectivity index (χ4v) is 2.56. The smallest absolute Gasteiger partial charge is 0.342 e. The molecule has 0 radical (unpaired) electrons. The van der Waals surface area contributed by atoms with Gasteiger partial charge in [-0.15, -0.1) is 0 Å². The molecule has 0 saturated heterocycles. The molecule has 0 amide bonds. The largest absolute Gasteiger partial charge is 0.508 e. The number of nitrogens with one attached hydrogen (secondary N) is 1. The molecular formula is C20H19N3O3. The second-order valence-electron chi connectivity index (χ2n) is 5.61. The molecule has 0 fully saturated rings. The number of hydrogen-bond donors (Lipinski definition) is 2. The maximum Gasteiger partial charge on any atom is 0.342 e. The fourth-order valence-electron chi connectivity index (χ4n) is 2.56. The highest BCUT2D eigenvalue weighted by molar-refractivity contribution is 5.97. The second-order valence-corrected chi connectivity index (χ2v) is 5.61. The van der Waals surface area contributed by atoms with E-state index in [4.69, 9.17) is 4.74 Å². The van der Waals surface area contributed by atoms with Crippen LogP contribution in [0.3, 0.4) is 0 Å². The predicted molar refractivity (Wildman–Crippen MR) is 99.6 cm³/mol. The summed E-state index contributed by atoms with van der Waals surface area (Å²) in [6.45, 7) is 3.79. The summed E-state index contributed by atoms with van der Waals surface area (Å²) in [5.74, 6) is 0.0930. The van der Waals surface area contributed by atoms with Gasteiger partial charge in [0.2, 0.25) is 5.95 Å². The topological polar surface area (TPSA) is 84.3 Å². The first-order valence-electron chi connectivity index (χ1n) is 8.25. The van der Waals surface area contributed by atoms with Crippen molar-refractivity contribution in [2.24, 2.45) is 0 Å². The van der Waals surface area contributed by atoms with E-state index in [1.165, 1.54) is 0 Å². The van der Waals surface area contributed by atoms with Crippen LogP contribution in [0.2, 0.25) is 0 Å². The van der Waals surface area contributed by atoms with E-state index in [1.807, 2.05) is 30.3 Å². The molecule has 0 aliphatic rings. The van der Waals surface area contributed by atoms with Gasteiger partial charge in [0.25, 0.3) is 0 Å². The van der Waals surface area contributed by atoms with E-state index < -0.39 is 5.97 Å². The highest BCUT2D eigenvalue weighted by Crippen LogP contribution is 2.27. The van der Waals surface area contributed by atoms with Crippen molar-refractivity contribution in [3.05, 3.63) is 65.9 Å². The lowest BCUT2D eigenvalue weighted by atomic mass is 10.0. The van der Waals surface area contributed by atoms with Crippen LogP contribution in [0.5, 0.6) is 5.75 Å². The van der Waals surface area contributed by atoms with Gasteiger partial charge >= 0.3 is 5.97 Å². The van der Waals surface area contributed by atoms with Crippen molar-refractivity contribution >= 4 is 17.6 Å². The summed E-state index contributed by atoms with van der Waals surface area (Å²) < 4.78 is 5.18. The van der Waals surface area contributed by atoms with Gasteiger partial charge in [0, 0.05) is 11.3 Å². The van der Waals surface area contributed by atoms with Crippen LogP contribution in [0.15, 0.2) is 54.6 Å². The number of phenols is 1. The molecule has 3 rings (SSSR count). The van der Waals surface area contributed by atoms with Gasteiger partial charge in [-0.05, 0) is 38.1 Å². The number of nitrogens with zero attached hydrogens (tertiary/aromatic N) is 2. The number of carbonyl (C=O) groups is 1. The Balaban J connectivity index is 2.07. The van der Waals surface area contributed by atoms with Crippen LogP contribution in [0.25, 0.3) is 11.3 Å². The Labute approximate surface area is 151 Å². The summed E-state index contributed by atoms with van der Waals surface area (Å²) in [6, 6.07) is 16.0. The predicted octanol–water partition coefficient (Wildman–Crippen LogP) is 4.08. The Morgan fingerprint density at radius 2 is 1.77 bits per heavy atom. The lowest BCUT2D eigenvalue weighted by molar-refractivity contribution is 0.0525. The lowest BCUT2D eigenvalue weighted by Crippen LogP contribution is -2.13. The fraction of sp³-hybridized carbons (Fsp3) is 0.150. The number of aromatic hydroxyl groups is 1. The Hall–Kier alpha value is -3.41. The second kappa shape index (κ2) is 7.65. The van der Waals surface area contributed by atoms with Gasteiger partial charge in [0.15, 0.2) is 0 Å². The average Bonchev–Trinajstić information content (AvgIpc) is 2.64. The van der Waals surface area contributed by atoms with Gasteiger partial charge in [-0.3, -0.25) is 0 Å². The zero-order valence-corrected chi connectivity index (χ0v) is 14.6. The zero-order valence-electron chi connectivity index (χ0n) is 14.6. The third-order valence-electron chi connectivity index (χ3n) is 3.74. The minimum atomic E-state index is -0.444. The first-order chi connectivity index (χ1) is 12.6. The van der Waals surface area contributed by atoms with Crippen molar-refractivity contribution in [3.63, 3.8) is 0 Å². The standard InChI is InChI=1S/C20H19N3O3/c1-3-26-19(25)17-13(2)21-20(22-15-9-11-16(24)12-10-15)23-18(17)14-7-5-4-6-8-14/h4-12,24H,3H2,1-2H3,(H,21,22,23). The van der Waals surface area contributed by atoms with Crippen LogP contribution >= 0.6 is 0 Å². The molecule has 1 aromatic heterocycles. The molecule has 132 valence electrons. The normalized spacial score (nSPS) is 10.4. The minimum Gasteiger partial charge on any atom is -0.508 e. The summed E-state index contributed by atoms with van der Waals surface area (Å²) in [5, 5.41) is 12.5. The van der Waals surface area contributed by atoms with Crippen molar-refractivity contribution in [1.29, 1.82) is 0 Å². The number of phenolic OH excluding ortho intramolecular Hbond substituents is 1. The van der Waals surface area contributed by atoms with Crippen LogP contribution in [0.1, 0.15) is 23.0 Å². The molecule has 1 heterocycles. The molecule has 0 atom stereocenters. The summed E-state index contributed by atoms with van der Waals surface area (Å²) in [7, 11) is 0. The highest BCUT2D eigenvalue weighted by Gasteiger charge is 2.21. The zero-order chi connectivity index (χ0) is 18.5. The van der Waals surface area contributed by atoms with E-state index >= 15 is 0 Å². The van der Waals surface area contributed by atoms with E-state index in [1.54, 1.807) is 38.1 Å². The maximum atomic E-state index is 12.4. The monoisotopic (exact) mass is 349 g/mol. The molecule has 3 aromatic rings. The Morgan fingerprint density at radius 1 is 1.08 bits per heavy atom. The molecule has 0 bridgehead atoms. The minimum absolute atomic E-state index is 0.176. The number of benzene rings is 2. The molecule has 0 aliphatic carbocycles. The van der Waals surface area contributed by atoms with Crippen LogP contribution in [0.4, 0.5) is 11.6 Å². The lowest BCUT2D eigenvalue weighted by Gasteiger charge is -2.13. The number of anilines is 2. The van der Waals surface area contributed by atoms with Gasteiger partial charge in [-0.25, -0.2) is 14.8 Å². The van der Waals surface area contributed by atoms with Crippen LogP contribution in [0, 0.1) is 6.92 Å². The molecule has 26 heavy (non-hydrogen) atoms. The number of aromatic nitrogens is 2. The van der Waals surface area contributed by atoms with E-state index in [2.05, 4.69) is 15.3 Å². The molecule has 0 spiro atoms. The summed E-state index contributed by atoms with van der Waals surface area (Å²) >= 11 is 0. The summed E-state index contributed by atoms with van der Waals surface area (Å²) in [6.07, 6.45) is 0. The van der Waals surface area contributed by atoms with Crippen LogP contribution in [-0.4, -0.2) is 27.7 Å². The van der Waals surface area contributed by atoms with Gasteiger partial charge in [0.05, 0.1) is 18.0 Å². The average molecular weight is 349 g/mol. The quantitative estimate of drug-likeness (QED) is 0.533. The third-order valence-corrected chi connectivity index (χ3v) is 3.74. The highest BCUT2D eigenvalue weighted by atomic mass is 16.5. The first kappa shape index (κ1) is 17.4. The van der Waals surface area contributed by atoms with Gasteiger partial charge in [-0.1, -0.05) is 30.3 Å². The van der Waals surface area contributed by atoms with Crippen LogP contribution in [-0.2, 0) is 4.74 Å². The Morgan fingerprint density at radius 3 is 2.42 bits per heavy atom. The van der Waals surface area contributed by atoms with Gasteiger partial charge < -0.3 is 15.2 Å². The van der Waals surface area contributed by atoms with Crippen molar-refractivity contribution in [2.75, 3.05) is 11.9 Å².